The fourth-order valence-corrected chi connectivity index (χ4v) is 4.31. The molecule has 1 aliphatic rings. The summed E-state index contributed by atoms with van der Waals surface area (Å²) >= 11 is 10.2. The molecule has 11 N–H and O–H groups in total. The maximum Gasteiger partial charge on any atom is 0.340 e. The minimum atomic E-state index is -1.30. The largest absolute Gasteiger partial charge is 0.340 e. The fraction of sp³-hybridized carbons (Fsp3) is 0.162. The number of nitrogens with one attached hydrogen (secondary N) is 11. The Labute approximate surface area is 388 Å². The number of hydrogen-bond donors (Lipinski definition) is 11. The number of carbonyl (C=O) groups excluding carboxylic acids is 2. The zero-order valence-corrected chi connectivity index (χ0v) is 37.8. The summed E-state index contributed by atoms with van der Waals surface area (Å²) in [5, 5.41) is 12.9. The van der Waals surface area contributed by atoms with Gasteiger partial charge in [-0.15, -0.1) is 0 Å². The topological polar surface area (TPSA) is 400 Å². The number of rotatable bonds is 4. The first-order chi connectivity index (χ1) is 30.6. The van der Waals surface area contributed by atoms with Crippen molar-refractivity contribution >= 4 is 73.2 Å². The number of nitrogens with zero attached hydrogens (tertiary/aromatic N) is 2. The third kappa shape index (κ3) is 20.1. The first-order valence-electron chi connectivity index (χ1n) is 17.5. The van der Waals surface area contributed by atoms with Gasteiger partial charge in [-0.05, 0) is 29.0 Å². The van der Waals surface area contributed by atoms with Gasteiger partial charge in [-0.1, -0.05) is 78.4 Å². The smallest absolute Gasteiger partial charge is 0.335 e. The summed E-state index contributed by atoms with van der Waals surface area (Å²) in [7, 11) is 0. The van der Waals surface area contributed by atoms with Gasteiger partial charge in [0.2, 0.25) is 4.32 Å². The van der Waals surface area contributed by atoms with Gasteiger partial charge in [-0.2, -0.15) is 5.26 Å². The van der Waals surface area contributed by atoms with Gasteiger partial charge >= 0.3 is 34.5 Å². The molecule has 28 heteroatoms. The van der Waals surface area contributed by atoms with Gasteiger partial charge in [0.15, 0.2) is 0 Å². The summed E-state index contributed by atoms with van der Waals surface area (Å²) in [6.07, 6.45) is 15.6. The molecule has 25 nitrogen and oxygen atoms in total. The molecule has 0 bridgehead atoms. The minimum Gasteiger partial charge on any atom is -0.335 e. The van der Waals surface area contributed by atoms with Crippen molar-refractivity contribution in [1.82, 2.24) is 60.1 Å². The van der Waals surface area contributed by atoms with Crippen molar-refractivity contribution in [3.8, 4) is 30.4 Å². The van der Waals surface area contributed by atoms with Gasteiger partial charge < -0.3 is 25.3 Å². The molecular formula is C37H34BrClIN13O12. The number of hydrogen-bond acceptors (Lipinski definition) is 13. The SMILES string of the molecule is C#Cn1ccc(=O)[nH]c1=O.C=C(Cl)c1c[nH]c(=O)[nH]c1=O.C=Cc1c[nH]c(=O)[nH]c1=O.CCCCC#Cc1c[nH]c(=O)[nH]c1=O.N#CC1(Br)CNC(=O)NC1=O.O=c1[nH]cc(I)c(=O)[nH]1. The third-order valence-corrected chi connectivity index (χ3v) is 8.69. The molecule has 0 aliphatic carbocycles. The molecule has 1 atom stereocenters. The Kier molecular flexibility index (Phi) is 23.5. The van der Waals surface area contributed by atoms with E-state index >= 15 is 0 Å². The lowest BCUT2D eigenvalue weighted by Crippen LogP contribution is -2.59. The molecule has 340 valence electrons. The second kappa shape index (κ2) is 27.8. The van der Waals surface area contributed by atoms with Gasteiger partial charge in [-0.25, -0.2) is 33.3 Å². The maximum atomic E-state index is 11.1. The predicted octanol–water partition coefficient (Wildman–Crippen LogP) is -1.29. The van der Waals surface area contributed by atoms with Gasteiger partial charge in [-0.3, -0.25) is 59.0 Å². The number of carbonyl (C=O) groups is 2. The summed E-state index contributed by atoms with van der Waals surface area (Å²) in [6.45, 7) is 8.79. The average Bonchev–Trinajstić information content (AvgIpc) is 3.24. The summed E-state index contributed by atoms with van der Waals surface area (Å²) in [6, 6.07) is 4.41. The summed E-state index contributed by atoms with van der Waals surface area (Å²) in [4.78, 5) is 147. The number of aromatic amines is 9. The highest BCUT2D eigenvalue weighted by Crippen LogP contribution is 2.17. The van der Waals surface area contributed by atoms with E-state index in [-0.39, 0.29) is 22.7 Å². The van der Waals surface area contributed by atoms with Crippen LogP contribution in [0.2, 0.25) is 0 Å². The molecule has 1 fully saturated rings. The quantitative estimate of drug-likeness (QED) is 0.0433. The van der Waals surface area contributed by atoms with Crippen LogP contribution in [0.15, 0.2) is 98.2 Å². The van der Waals surface area contributed by atoms with Crippen LogP contribution in [0, 0.1) is 39.2 Å². The Morgan fingerprint density at radius 2 is 1.42 bits per heavy atom. The van der Waals surface area contributed by atoms with Gasteiger partial charge in [0.25, 0.3) is 33.7 Å². The zero-order valence-electron chi connectivity index (χ0n) is 33.3. The molecule has 6 heterocycles. The summed E-state index contributed by atoms with van der Waals surface area (Å²) in [5.41, 5.74) is -3.97. The van der Waals surface area contributed by atoms with Crippen molar-refractivity contribution in [1.29, 1.82) is 5.26 Å². The van der Waals surface area contributed by atoms with Crippen molar-refractivity contribution in [2.45, 2.75) is 30.5 Å². The van der Waals surface area contributed by atoms with Crippen LogP contribution in [0.4, 0.5) is 4.79 Å². The second-order valence-corrected chi connectivity index (χ2v) is 14.6. The zero-order chi connectivity index (χ0) is 49.3. The highest BCUT2D eigenvalue weighted by Gasteiger charge is 2.40. The molecule has 0 spiro atoms. The molecule has 1 unspecified atom stereocenters. The Morgan fingerprint density at radius 1 is 0.862 bits per heavy atom. The molecule has 1 saturated heterocycles. The number of H-pyrrole nitrogens is 9. The molecule has 6 rings (SSSR count). The third-order valence-electron chi connectivity index (χ3n) is 6.87. The van der Waals surface area contributed by atoms with Crippen LogP contribution in [0.3, 0.4) is 0 Å². The lowest BCUT2D eigenvalue weighted by molar-refractivity contribution is -0.121. The number of nitriles is 1. The number of terminal acetylenes is 1. The molecule has 0 saturated carbocycles. The number of urea groups is 1. The molecule has 0 aromatic carbocycles. The lowest BCUT2D eigenvalue weighted by atomic mass is 10.1. The van der Waals surface area contributed by atoms with E-state index < -0.39 is 66.9 Å². The molecule has 3 amide bonds. The Morgan fingerprint density at radius 3 is 1.88 bits per heavy atom. The molecule has 65 heavy (non-hydrogen) atoms. The van der Waals surface area contributed by atoms with Crippen molar-refractivity contribution in [2.75, 3.05) is 6.54 Å². The summed E-state index contributed by atoms with van der Waals surface area (Å²) in [5.74, 6) is 4.96. The predicted molar refractivity (Wildman–Crippen MR) is 249 cm³/mol. The monoisotopic (exact) mass is 1090 g/mol. The molecule has 1 aliphatic heterocycles. The number of alkyl halides is 1. The Bertz CT molecular complexity index is 3280. The first-order valence-corrected chi connectivity index (χ1v) is 19.7. The molecule has 5 aromatic heterocycles. The Balaban J connectivity index is 0.000000392. The van der Waals surface area contributed by atoms with E-state index in [1.54, 1.807) is 6.07 Å². The molecule has 5 aromatic rings. The first kappa shape index (κ1) is 54.9. The number of aromatic nitrogens is 10. The van der Waals surface area contributed by atoms with Crippen molar-refractivity contribution < 1.29 is 9.59 Å². The van der Waals surface area contributed by atoms with E-state index in [0.717, 1.165) is 23.8 Å². The van der Waals surface area contributed by atoms with Crippen LogP contribution in [0.25, 0.3) is 11.1 Å². The van der Waals surface area contributed by atoms with Crippen LogP contribution in [0.5, 0.6) is 0 Å². The van der Waals surface area contributed by atoms with Crippen molar-refractivity contribution in [3.63, 3.8) is 0 Å². The normalized spacial score (nSPS) is 12.8. The van der Waals surface area contributed by atoms with Crippen LogP contribution < -0.4 is 66.9 Å². The average molecular weight is 1100 g/mol. The number of unbranched alkanes of at least 4 members (excludes halogenated alkanes) is 2. The van der Waals surface area contributed by atoms with E-state index in [9.17, 15) is 57.5 Å². The van der Waals surface area contributed by atoms with E-state index in [1.807, 2.05) is 37.9 Å². The highest BCUT2D eigenvalue weighted by atomic mass is 127. The maximum absolute atomic E-state index is 11.1. The standard InChI is InChI=1S/C10H12N2O2.C6H5ClN2O2.C6H4N2O2.C6H6N2O2.C5H4BrN3O2.C4H3IN2O2/c1-2-3-4-5-6-8-7-11-10(14)12-9(8)13;1-3(7)4-2-8-6(11)9-5(4)10;1-2-8-4-3-5(9)7-6(8)10;1-2-4-3-7-6(10)8-5(4)9;6-5(1-7)2-8-4(11)9-3(5)10;5-2-1-6-4(9)7-3(2)8/h7H,2-4H2,1H3,(H2,11,12,13,14);2H,1H2,(H2,8,9,10,11);1,3-4H,(H,7,9,10);2-3H,1H2,(H2,7,8,9,10);2H2,(H2,8,9,10,11);1H,(H2,6,7,8,9). The van der Waals surface area contributed by atoms with Gasteiger partial charge in [0.05, 0.1) is 27.3 Å². The molecular weight excluding hydrogens is 1060 g/mol. The second-order valence-electron chi connectivity index (χ2n) is 11.6. The number of amides is 3. The van der Waals surface area contributed by atoms with Crippen LogP contribution in [-0.4, -0.2) is 72.2 Å². The number of imide groups is 1. The van der Waals surface area contributed by atoms with Gasteiger partial charge in [0.1, 0.15) is 5.56 Å². The van der Waals surface area contributed by atoms with Crippen LogP contribution in [0.1, 0.15) is 42.9 Å². The van der Waals surface area contributed by atoms with Crippen LogP contribution >= 0.6 is 50.1 Å². The molecule has 0 radical (unpaired) electrons. The van der Waals surface area contributed by atoms with E-state index in [0.29, 0.717) is 14.7 Å². The Hall–Kier alpha value is -8.07. The summed E-state index contributed by atoms with van der Waals surface area (Å²) < 4.78 is 0.120. The van der Waals surface area contributed by atoms with E-state index in [1.165, 1.54) is 43.1 Å². The minimum absolute atomic E-state index is 0.00579. The van der Waals surface area contributed by atoms with Crippen molar-refractivity contribution in [2.24, 2.45) is 0 Å². The van der Waals surface area contributed by atoms with Crippen molar-refractivity contribution in [3.05, 3.63) is 175 Å². The number of halogens is 3. The van der Waals surface area contributed by atoms with Gasteiger partial charge in [0, 0.05) is 54.5 Å². The lowest BCUT2D eigenvalue weighted by Gasteiger charge is -2.23. The fourth-order valence-electron chi connectivity index (χ4n) is 3.64. The van der Waals surface area contributed by atoms with Crippen LogP contribution in [-0.2, 0) is 4.79 Å². The van der Waals surface area contributed by atoms with E-state index in [4.69, 9.17) is 23.3 Å². The van der Waals surface area contributed by atoms with E-state index in [2.05, 4.69) is 94.1 Å². The highest BCUT2D eigenvalue weighted by molar-refractivity contribution is 14.1.